The van der Waals surface area contributed by atoms with E-state index in [1.54, 1.807) is 0 Å². The summed E-state index contributed by atoms with van der Waals surface area (Å²) in [5.74, 6) is -2.51. The molecule has 76 valence electrons. The van der Waals surface area contributed by atoms with Gasteiger partial charge in [-0.25, -0.2) is 9.59 Å². The first kappa shape index (κ1) is 14.5. The average molecular weight is 254 g/mol. The minimum atomic E-state index is -3.12. The molecule has 0 heterocycles. The zero-order valence-corrected chi connectivity index (χ0v) is 9.04. The van der Waals surface area contributed by atoms with Crippen molar-refractivity contribution in [3.63, 3.8) is 0 Å². The van der Waals surface area contributed by atoms with E-state index in [2.05, 4.69) is 0 Å². The minimum absolute atomic E-state index is 0.558. The predicted octanol–water partition coefficient (Wildman–Crippen LogP) is -0.177. The molecule has 0 aromatic rings. The van der Waals surface area contributed by atoms with Crippen LogP contribution in [0.2, 0.25) is 11.4 Å². The Bertz CT molecular complexity index is 226. The van der Waals surface area contributed by atoms with Crippen molar-refractivity contribution in [2.75, 3.05) is 0 Å². The summed E-state index contributed by atoms with van der Waals surface area (Å²) in [6, 6.07) is 0. The van der Waals surface area contributed by atoms with Gasteiger partial charge in [0.2, 0.25) is 0 Å². The second-order valence-electron chi connectivity index (χ2n) is 2.30. The second kappa shape index (κ2) is 6.51. The molecule has 0 rings (SSSR count). The van der Waals surface area contributed by atoms with Gasteiger partial charge >= 0.3 is 45.0 Å². The molecule has 3 N–H and O–H groups in total. The molecule has 13 heavy (non-hydrogen) atoms. The third kappa shape index (κ3) is 55.7. The Labute approximate surface area is 77.5 Å². The van der Waals surface area contributed by atoms with Crippen molar-refractivity contribution in [2.45, 2.75) is 11.4 Å². The second-order valence-corrected chi connectivity index (χ2v) is 7.73. The quantitative estimate of drug-likeness (QED) is 0.465. The monoisotopic (exact) mass is 254 g/mol. The zero-order valence-electron chi connectivity index (χ0n) is 7.17. The molecule has 0 bridgehead atoms. The topological polar surface area (TPSA) is 112 Å². The first-order chi connectivity index (χ1) is 5.63. The van der Waals surface area contributed by atoms with E-state index >= 15 is 0 Å². The van der Waals surface area contributed by atoms with Gasteiger partial charge in [0.15, 0.2) is 0 Å². The molecule has 0 unspecified atom stereocenters. The van der Waals surface area contributed by atoms with Gasteiger partial charge in [-0.1, -0.05) is 0 Å². The molecule has 0 saturated heterocycles. The smallest absolute Gasteiger partial charge is 0.328 e. The maximum atomic E-state index is 9.83. The zero-order chi connectivity index (χ0) is 11.1. The SMILES string of the molecule is C[As](C)(=O)O.O=C(O)C=CC(=O)O. The van der Waals surface area contributed by atoms with Crippen LogP contribution in [-0.2, 0) is 13.3 Å². The summed E-state index contributed by atoms with van der Waals surface area (Å²) in [4.78, 5) is 19.1. The van der Waals surface area contributed by atoms with Crippen LogP contribution in [0.4, 0.5) is 0 Å². The van der Waals surface area contributed by atoms with E-state index in [0.717, 1.165) is 0 Å². The van der Waals surface area contributed by atoms with E-state index in [0.29, 0.717) is 12.2 Å². The summed E-state index contributed by atoms with van der Waals surface area (Å²) in [6.45, 7) is 0. The number of hydrogen-bond acceptors (Lipinski definition) is 3. The number of hydrogen-bond donors (Lipinski definition) is 3. The number of aliphatic carboxylic acids is 2. The van der Waals surface area contributed by atoms with Crippen LogP contribution in [0.5, 0.6) is 0 Å². The largest absolute Gasteiger partial charge is 0.478 e. The summed E-state index contributed by atoms with van der Waals surface area (Å²) in [7, 11) is 0. The molecular weight excluding hydrogens is 243 g/mol. The fraction of sp³-hybridized carbons (Fsp3) is 0.333. The maximum Gasteiger partial charge on any atom is 0.328 e. The molecule has 0 spiro atoms. The van der Waals surface area contributed by atoms with E-state index in [-0.39, 0.29) is 0 Å². The number of carboxylic acid groups (broad SMARTS) is 2. The first-order valence-corrected chi connectivity index (χ1v) is 8.40. The van der Waals surface area contributed by atoms with E-state index in [9.17, 15) is 13.3 Å². The van der Waals surface area contributed by atoms with Crippen molar-refractivity contribution in [1.29, 1.82) is 0 Å². The molecular formula is C6H11AsO6. The summed E-state index contributed by atoms with van der Waals surface area (Å²) in [6.07, 6.45) is 1.12. The Balaban J connectivity index is 0. The number of carboxylic acids is 2. The fourth-order valence-electron chi connectivity index (χ4n) is 0.143. The van der Waals surface area contributed by atoms with Crippen LogP contribution in [0.1, 0.15) is 0 Å². The van der Waals surface area contributed by atoms with Gasteiger partial charge in [-0.15, -0.1) is 0 Å². The molecule has 0 aromatic heterocycles. The minimum Gasteiger partial charge on any atom is -0.478 e. The van der Waals surface area contributed by atoms with Crippen LogP contribution < -0.4 is 0 Å². The molecule has 0 saturated carbocycles. The molecule has 0 aliphatic heterocycles. The molecule has 7 heteroatoms. The number of carbonyl (C=O) groups is 2. The normalized spacial score (nSPS) is 10.4. The van der Waals surface area contributed by atoms with Crippen molar-refractivity contribution in [1.82, 2.24) is 0 Å². The van der Waals surface area contributed by atoms with Gasteiger partial charge in [0.05, 0.1) is 0 Å². The fourth-order valence-corrected chi connectivity index (χ4v) is 0.143. The molecule has 0 fully saturated rings. The molecule has 0 aromatic carbocycles. The summed E-state index contributed by atoms with van der Waals surface area (Å²) >= 11 is -3.12. The van der Waals surface area contributed by atoms with Crippen molar-refractivity contribution in [2.24, 2.45) is 0 Å². The van der Waals surface area contributed by atoms with Gasteiger partial charge in [-0.3, -0.25) is 0 Å². The van der Waals surface area contributed by atoms with Gasteiger partial charge < -0.3 is 10.2 Å². The summed E-state index contributed by atoms with van der Waals surface area (Å²) in [5.41, 5.74) is 2.72. The Morgan fingerprint density at radius 1 is 1.08 bits per heavy atom. The van der Waals surface area contributed by atoms with E-state index in [1.165, 1.54) is 11.4 Å². The van der Waals surface area contributed by atoms with E-state index < -0.39 is 25.8 Å². The van der Waals surface area contributed by atoms with Crippen LogP contribution in [0.25, 0.3) is 0 Å². The van der Waals surface area contributed by atoms with Crippen molar-refractivity contribution >= 4 is 25.8 Å². The van der Waals surface area contributed by atoms with Crippen molar-refractivity contribution in [3.8, 4) is 0 Å². The maximum absolute atomic E-state index is 9.83. The van der Waals surface area contributed by atoms with Gasteiger partial charge in [0, 0.05) is 12.2 Å². The Kier molecular flexibility index (Phi) is 7.27. The van der Waals surface area contributed by atoms with Gasteiger partial charge in [0.1, 0.15) is 0 Å². The van der Waals surface area contributed by atoms with Gasteiger partial charge in [-0.05, 0) is 0 Å². The Morgan fingerprint density at radius 3 is 1.31 bits per heavy atom. The average Bonchev–Trinajstić information content (AvgIpc) is 1.79. The van der Waals surface area contributed by atoms with Crippen LogP contribution in [0, 0.1) is 0 Å². The van der Waals surface area contributed by atoms with Crippen LogP contribution >= 0.6 is 0 Å². The standard InChI is InChI=1S/C4H4O4.C2H7AsO2/c5-3(6)1-2-4(7)8;1-3(2,4)5/h1-2H,(H,5,6)(H,7,8);1-2H3,(H,4,5). The molecule has 6 nitrogen and oxygen atoms in total. The van der Waals surface area contributed by atoms with E-state index in [1.807, 2.05) is 0 Å². The van der Waals surface area contributed by atoms with Crippen LogP contribution in [0.15, 0.2) is 12.2 Å². The molecule has 0 radical (unpaired) electrons. The third-order valence-electron chi connectivity index (χ3n) is 0.368. The van der Waals surface area contributed by atoms with E-state index in [4.69, 9.17) is 14.3 Å². The van der Waals surface area contributed by atoms with Crippen molar-refractivity contribution < 1.29 is 27.6 Å². The van der Waals surface area contributed by atoms with Crippen LogP contribution in [-0.4, -0.2) is 40.1 Å². The summed E-state index contributed by atoms with van der Waals surface area (Å²) < 4.78 is 18.0. The molecule has 0 atom stereocenters. The third-order valence-corrected chi connectivity index (χ3v) is 0.368. The Morgan fingerprint density at radius 2 is 1.23 bits per heavy atom. The summed E-state index contributed by atoms with van der Waals surface area (Å²) in [5, 5.41) is 15.6. The predicted molar refractivity (Wildman–Crippen MR) is 44.8 cm³/mol. The molecule has 0 aliphatic carbocycles. The number of rotatable bonds is 2. The van der Waals surface area contributed by atoms with Gasteiger partial charge in [-0.2, -0.15) is 0 Å². The van der Waals surface area contributed by atoms with Crippen molar-refractivity contribution in [3.05, 3.63) is 12.2 Å². The molecule has 0 amide bonds. The van der Waals surface area contributed by atoms with Crippen LogP contribution in [0.3, 0.4) is 0 Å². The first-order valence-electron chi connectivity index (χ1n) is 3.04. The van der Waals surface area contributed by atoms with Gasteiger partial charge in [0.25, 0.3) is 0 Å². The molecule has 0 aliphatic rings. The Hall–Kier alpha value is -1.00.